The van der Waals surface area contributed by atoms with Gasteiger partial charge in [-0.3, -0.25) is 4.79 Å². The second kappa shape index (κ2) is 6.16. The lowest BCUT2D eigenvalue weighted by atomic mass is 9.44. The molecule has 3 N–H and O–H groups in total. The van der Waals surface area contributed by atoms with Crippen molar-refractivity contribution in [1.82, 2.24) is 9.97 Å². The van der Waals surface area contributed by atoms with Crippen LogP contribution in [0.15, 0.2) is 12.4 Å². The van der Waals surface area contributed by atoms with Crippen molar-refractivity contribution in [3.8, 4) is 0 Å². The Balaban J connectivity index is 1.38. The number of carbonyl (C=O) groups excluding carboxylic acids is 1. The largest absolute Gasteiger partial charge is 0.390 e. The molecule has 0 saturated heterocycles. The number of hydrogen-bond acceptors (Lipinski definition) is 5. The molecule has 6 aliphatic carbocycles. The first-order valence-corrected chi connectivity index (χ1v) is 11.6. The fraction of sp³-hybridized carbons (Fsp3) is 0.783. The van der Waals surface area contributed by atoms with E-state index in [2.05, 4.69) is 14.9 Å². The second-order valence-electron chi connectivity index (χ2n) is 10.8. The van der Waals surface area contributed by atoms with Crippen LogP contribution in [0.25, 0.3) is 0 Å². The highest BCUT2D eigenvalue weighted by molar-refractivity contribution is 5.92. The molecule has 1 aromatic rings. The summed E-state index contributed by atoms with van der Waals surface area (Å²) >= 11 is 0. The molecule has 1 amide bonds. The summed E-state index contributed by atoms with van der Waals surface area (Å²) < 4.78 is 0. The highest BCUT2D eigenvalue weighted by atomic mass is 16.3. The van der Waals surface area contributed by atoms with Crippen molar-refractivity contribution in [2.45, 2.75) is 87.8 Å². The number of carbonyl (C=O) groups is 1. The first kappa shape index (κ1) is 18.1. The van der Waals surface area contributed by atoms with Gasteiger partial charge in [0.25, 0.3) is 5.91 Å². The van der Waals surface area contributed by atoms with E-state index in [1.807, 2.05) is 0 Å². The van der Waals surface area contributed by atoms with Crippen LogP contribution in [0.4, 0.5) is 5.95 Å². The third-order valence-electron chi connectivity index (χ3n) is 9.14. The number of aliphatic hydroxyl groups is 1. The molecule has 0 aliphatic heterocycles. The average molecular weight is 397 g/mol. The SMILES string of the molecule is NC(=O)c1cnc(N(C2CCC2)C2(C3C4CC5CC3CC(O)(C5)C4)CCC2)nc1. The number of nitrogens with two attached hydrogens (primary N) is 1. The Bertz CT molecular complexity index is 801. The summed E-state index contributed by atoms with van der Waals surface area (Å²) in [6.07, 6.45) is 16.2. The van der Waals surface area contributed by atoms with Gasteiger partial charge in [0, 0.05) is 24.0 Å². The summed E-state index contributed by atoms with van der Waals surface area (Å²) in [4.78, 5) is 23.4. The van der Waals surface area contributed by atoms with Crippen LogP contribution in [-0.2, 0) is 0 Å². The quantitative estimate of drug-likeness (QED) is 0.798. The van der Waals surface area contributed by atoms with Crippen LogP contribution in [0, 0.1) is 23.7 Å². The van der Waals surface area contributed by atoms with Crippen molar-refractivity contribution in [2.24, 2.45) is 29.4 Å². The first-order valence-electron chi connectivity index (χ1n) is 11.6. The smallest absolute Gasteiger partial charge is 0.251 e. The maximum absolute atomic E-state index is 11.5. The molecule has 6 nitrogen and oxygen atoms in total. The van der Waals surface area contributed by atoms with Crippen LogP contribution in [0.5, 0.6) is 0 Å². The van der Waals surface area contributed by atoms with E-state index < -0.39 is 11.5 Å². The Morgan fingerprint density at radius 2 is 1.72 bits per heavy atom. The van der Waals surface area contributed by atoms with Crippen LogP contribution in [0.2, 0.25) is 0 Å². The lowest BCUT2D eigenvalue weighted by Gasteiger charge is -2.68. The molecular formula is C23H32N4O2. The van der Waals surface area contributed by atoms with E-state index in [1.165, 1.54) is 51.4 Å². The lowest BCUT2D eigenvalue weighted by molar-refractivity contribution is -0.175. The molecule has 29 heavy (non-hydrogen) atoms. The summed E-state index contributed by atoms with van der Waals surface area (Å²) in [7, 11) is 0. The van der Waals surface area contributed by atoms with E-state index in [9.17, 15) is 9.90 Å². The molecule has 0 radical (unpaired) electrons. The number of anilines is 1. The molecular weight excluding hydrogens is 364 g/mol. The molecule has 2 atom stereocenters. The first-order chi connectivity index (χ1) is 14.0. The predicted molar refractivity (Wildman–Crippen MR) is 109 cm³/mol. The topological polar surface area (TPSA) is 92.3 Å². The third-order valence-corrected chi connectivity index (χ3v) is 9.14. The molecule has 1 heterocycles. The van der Waals surface area contributed by atoms with E-state index in [0.717, 1.165) is 31.1 Å². The van der Waals surface area contributed by atoms with Crippen LogP contribution >= 0.6 is 0 Å². The molecule has 6 aliphatic rings. The van der Waals surface area contributed by atoms with Crippen molar-refractivity contribution < 1.29 is 9.90 Å². The van der Waals surface area contributed by atoms with Crippen LogP contribution in [0.3, 0.4) is 0 Å². The molecule has 2 unspecified atom stereocenters. The van der Waals surface area contributed by atoms with E-state index in [4.69, 9.17) is 5.73 Å². The number of aromatic nitrogens is 2. The third kappa shape index (κ3) is 2.60. The molecule has 6 fully saturated rings. The molecule has 7 rings (SSSR count). The van der Waals surface area contributed by atoms with Crippen LogP contribution < -0.4 is 10.6 Å². The molecule has 0 aromatic carbocycles. The maximum Gasteiger partial charge on any atom is 0.251 e. The second-order valence-corrected chi connectivity index (χ2v) is 10.8. The van der Waals surface area contributed by atoms with Crippen molar-refractivity contribution in [2.75, 3.05) is 4.90 Å². The van der Waals surface area contributed by atoms with Crippen molar-refractivity contribution in [1.29, 1.82) is 0 Å². The van der Waals surface area contributed by atoms with Crippen LogP contribution in [0.1, 0.15) is 81.0 Å². The molecule has 0 spiro atoms. The van der Waals surface area contributed by atoms with Gasteiger partial charge in [-0.1, -0.05) is 0 Å². The average Bonchev–Trinajstić information content (AvgIpc) is 2.59. The number of nitrogens with zero attached hydrogens (tertiary/aromatic N) is 3. The number of primary amides is 1. The van der Waals surface area contributed by atoms with Gasteiger partial charge in [0.2, 0.25) is 5.95 Å². The van der Waals surface area contributed by atoms with Gasteiger partial charge < -0.3 is 15.7 Å². The van der Waals surface area contributed by atoms with Gasteiger partial charge in [-0.2, -0.15) is 0 Å². The Kier molecular flexibility index (Phi) is 3.85. The Labute approximate surface area is 172 Å². The number of rotatable bonds is 5. The normalized spacial score (nSPS) is 39.6. The summed E-state index contributed by atoms with van der Waals surface area (Å²) in [5.74, 6) is 2.96. The zero-order chi connectivity index (χ0) is 19.8. The van der Waals surface area contributed by atoms with E-state index in [1.54, 1.807) is 12.4 Å². The van der Waals surface area contributed by atoms with Gasteiger partial charge in [-0.05, 0) is 94.3 Å². The Morgan fingerprint density at radius 1 is 1.07 bits per heavy atom. The summed E-state index contributed by atoms with van der Waals surface area (Å²) in [6, 6.07) is 0.509. The van der Waals surface area contributed by atoms with Gasteiger partial charge >= 0.3 is 0 Å². The minimum absolute atomic E-state index is 0.137. The van der Waals surface area contributed by atoms with Gasteiger partial charge in [0.1, 0.15) is 0 Å². The maximum atomic E-state index is 11.5. The van der Waals surface area contributed by atoms with Gasteiger partial charge in [-0.25, -0.2) is 9.97 Å². The van der Waals surface area contributed by atoms with E-state index >= 15 is 0 Å². The van der Waals surface area contributed by atoms with Crippen molar-refractivity contribution in [3.05, 3.63) is 18.0 Å². The summed E-state index contributed by atoms with van der Waals surface area (Å²) in [6.45, 7) is 0. The minimum Gasteiger partial charge on any atom is -0.390 e. The van der Waals surface area contributed by atoms with Crippen LogP contribution in [-0.4, -0.2) is 38.2 Å². The fourth-order valence-corrected chi connectivity index (χ4v) is 8.08. The van der Waals surface area contributed by atoms with E-state index in [-0.39, 0.29) is 5.54 Å². The zero-order valence-corrected chi connectivity index (χ0v) is 17.1. The summed E-state index contributed by atoms with van der Waals surface area (Å²) in [5, 5.41) is 11.1. The van der Waals surface area contributed by atoms with Gasteiger partial charge in [-0.15, -0.1) is 0 Å². The number of hydrogen-bond donors (Lipinski definition) is 2. The molecule has 6 saturated carbocycles. The van der Waals surface area contributed by atoms with E-state index in [0.29, 0.717) is 29.4 Å². The summed E-state index contributed by atoms with van der Waals surface area (Å²) in [5.41, 5.74) is 5.54. The zero-order valence-electron chi connectivity index (χ0n) is 17.1. The molecule has 156 valence electrons. The number of amides is 1. The van der Waals surface area contributed by atoms with Gasteiger partial charge in [0.05, 0.1) is 11.2 Å². The van der Waals surface area contributed by atoms with Gasteiger partial charge in [0.15, 0.2) is 0 Å². The standard InChI is InChI=1S/C23H32N4O2/c24-20(28)17-12-25-21(26-13-17)27(18-3-1-4-18)23(5-2-6-23)19-15-7-14-8-16(19)11-22(29,9-14)10-15/h12-16,18-19,29H,1-11H2,(H2,24,28). The fourth-order valence-electron chi connectivity index (χ4n) is 8.08. The highest BCUT2D eigenvalue weighted by Crippen LogP contribution is 2.65. The lowest BCUT2D eigenvalue weighted by Crippen LogP contribution is -2.70. The molecule has 1 aromatic heterocycles. The predicted octanol–water partition coefficient (Wildman–Crippen LogP) is 3.04. The molecule has 6 heteroatoms. The Hall–Kier alpha value is -1.69. The monoisotopic (exact) mass is 396 g/mol. The van der Waals surface area contributed by atoms with Crippen molar-refractivity contribution >= 4 is 11.9 Å². The molecule has 4 bridgehead atoms. The minimum atomic E-state index is -0.473. The Morgan fingerprint density at radius 3 is 2.17 bits per heavy atom. The highest BCUT2D eigenvalue weighted by Gasteiger charge is 2.63. The van der Waals surface area contributed by atoms with Crippen molar-refractivity contribution in [3.63, 3.8) is 0 Å².